The molecule has 2 rings (SSSR count). The lowest BCUT2D eigenvalue weighted by atomic mass is 9.95. The summed E-state index contributed by atoms with van der Waals surface area (Å²) in [4.78, 5) is 39.2. The maximum absolute atomic E-state index is 13.3. The van der Waals surface area contributed by atoms with Crippen LogP contribution in [0.3, 0.4) is 0 Å². The second-order valence-electron chi connectivity index (χ2n) is 6.62. The molecule has 0 atom stereocenters. The number of aryl methyl sites for hydroxylation is 1. The number of benzene rings is 1. The Morgan fingerprint density at radius 3 is 2.41 bits per heavy atom. The lowest BCUT2D eigenvalue weighted by Gasteiger charge is -2.19. The van der Waals surface area contributed by atoms with E-state index in [1.165, 1.54) is 15.2 Å². The van der Waals surface area contributed by atoms with E-state index in [2.05, 4.69) is 22.6 Å². The van der Waals surface area contributed by atoms with E-state index in [0.717, 1.165) is 5.56 Å². The molecular formula is C20H22IN3O3. The van der Waals surface area contributed by atoms with Crippen molar-refractivity contribution in [2.24, 2.45) is 0 Å². The number of hydrogen-bond acceptors (Lipinski definition) is 4. The lowest BCUT2D eigenvalue weighted by Crippen LogP contribution is -2.45. The molecule has 0 radical (unpaired) electrons. The van der Waals surface area contributed by atoms with Crippen LogP contribution >= 0.6 is 22.6 Å². The van der Waals surface area contributed by atoms with Crippen LogP contribution in [0.1, 0.15) is 59.4 Å². The van der Waals surface area contributed by atoms with Gasteiger partial charge in [0.05, 0.1) is 11.6 Å². The van der Waals surface area contributed by atoms with E-state index in [1.54, 1.807) is 26.0 Å². The van der Waals surface area contributed by atoms with Crippen LogP contribution in [0.5, 0.6) is 0 Å². The zero-order valence-electron chi connectivity index (χ0n) is 15.9. The number of nitriles is 1. The topological polar surface area (TPSA) is 84.9 Å². The molecule has 7 heteroatoms. The maximum Gasteiger partial charge on any atom is 0.331 e. The Hall–Kier alpha value is -2.21. The second kappa shape index (κ2) is 8.65. The summed E-state index contributed by atoms with van der Waals surface area (Å²) < 4.78 is 3.20. The molecule has 0 spiro atoms. The van der Waals surface area contributed by atoms with Crippen LogP contribution in [0.4, 0.5) is 0 Å². The van der Waals surface area contributed by atoms with Gasteiger partial charge in [-0.15, -0.1) is 0 Å². The Morgan fingerprint density at radius 2 is 1.89 bits per heavy atom. The molecule has 0 unspecified atom stereocenters. The molecule has 0 aliphatic heterocycles. The zero-order valence-corrected chi connectivity index (χ0v) is 18.0. The third-order valence-electron chi connectivity index (χ3n) is 4.35. The van der Waals surface area contributed by atoms with Gasteiger partial charge in [0, 0.05) is 28.6 Å². The van der Waals surface area contributed by atoms with Crippen molar-refractivity contribution in [1.82, 2.24) is 9.13 Å². The van der Waals surface area contributed by atoms with Gasteiger partial charge in [-0.2, -0.15) is 5.26 Å². The number of hydrogen-bond donors (Lipinski definition) is 0. The number of carbonyl (C=O) groups excluding carboxylic acids is 1. The number of ketones is 1. The van der Waals surface area contributed by atoms with Gasteiger partial charge < -0.3 is 0 Å². The normalized spacial score (nSPS) is 10.9. The van der Waals surface area contributed by atoms with E-state index in [0.29, 0.717) is 27.7 Å². The Labute approximate surface area is 171 Å². The molecule has 0 aliphatic carbocycles. The Morgan fingerprint density at radius 1 is 1.22 bits per heavy atom. The summed E-state index contributed by atoms with van der Waals surface area (Å²) in [6.45, 7) is 7.82. The van der Waals surface area contributed by atoms with Gasteiger partial charge in [-0.05, 0) is 43.5 Å². The fourth-order valence-corrected chi connectivity index (χ4v) is 3.66. The van der Waals surface area contributed by atoms with Crippen LogP contribution in [-0.2, 0) is 13.1 Å². The second-order valence-corrected chi connectivity index (χ2v) is 7.70. The van der Waals surface area contributed by atoms with Crippen LogP contribution in [0, 0.1) is 18.3 Å². The van der Waals surface area contributed by atoms with Crippen LogP contribution in [0.25, 0.3) is 0 Å². The van der Waals surface area contributed by atoms with Crippen molar-refractivity contribution >= 4 is 28.4 Å². The fraction of sp³-hybridized carbons (Fsp3) is 0.400. The van der Waals surface area contributed by atoms with E-state index in [-0.39, 0.29) is 18.2 Å². The van der Waals surface area contributed by atoms with Crippen molar-refractivity contribution in [3.63, 3.8) is 0 Å². The minimum atomic E-state index is -0.472. The fourth-order valence-electron chi connectivity index (χ4n) is 3.18. The molecule has 1 aromatic heterocycles. The van der Waals surface area contributed by atoms with Crippen LogP contribution in [0.2, 0.25) is 0 Å². The highest BCUT2D eigenvalue weighted by molar-refractivity contribution is 14.1. The van der Waals surface area contributed by atoms with E-state index in [1.807, 2.05) is 19.9 Å². The Bertz CT molecular complexity index is 1040. The molecule has 0 saturated heterocycles. The van der Waals surface area contributed by atoms with Gasteiger partial charge >= 0.3 is 5.69 Å². The van der Waals surface area contributed by atoms with Crippen molar-refractivity contribution in [1.29, 1.82) is 5.26 Å². The first-order valence-corrected chi connectivity index (χ1v) is 10.3. The summed E-state index contributed by atoms with van der Waals surface area (Å²) in [6, 6.07) is 6.90. The number of nitrogens with zero attached hydrogens (tertiary/aromatic N) is 3. The highest BCUT2D eigenvalue weighted by Gasteiger charge is 2.26. The van der Waals surface area contributed by atoms with Crippen molar-refractivity contribution < 1.29 is 4.79 Å². The average molecular weight is 479 g/mol. The minimum absolute atomic E-state index is 0.127. The first kappa shape index (κ1) is 21.1. The third kappa shape index (κ3) is 4.05. The van der Waals surface area contributed by atoms with Gasteiger partial charge in [-0.1, -0.05) is 36.4 Å². The molecule has 0 amide bonds. The molecule has 0 N–H and O–H groups in total. The highest BCUT2D eigenvalue weighted by Crippen LogP contribution is 2.20. The van der Waals surface area contributed by atoms with Crippen molar-refractivity contribution in [2.45, 2.75) is 46.7 Å². The summed E-state index contributed by atoms with van der Waals surface area (Å²) in [5.74, 6) is -0.632. The lowest BCUT2D eigenvalue weighted by molar-refractivity contribution is 0.102. The van der Waals surface area contributed by atoms with Gasteiger partial charge in [-0.25, -0.2) is 4.79 Å². The molecule has 6 nitrogen and oxygen atoms in total. The Kier molecular flexibility index (Phi) is 6.76. The number of aromatic nitrogens is 2. The standard InChI is InChI=1S/C20H22IN3O3/c1-5-23-17(18(25)15-9-13(4)8-14(10-15)11-22)16(12(2)3)19(26)24(7-6-21)20(23)27/h8-10,12H,5-7H2,1-4H3. The average Bonchev–Trinajstić information content (AvgIpc) is 2.63. The zero-order chi connectivity index (χ0) is 20.3. The Balaban J connectivity index is 2.89. The van der Waals surface area contributed by atoms with E-state index < -0.39 is 17.0 Å². The number of rotatable bonds is 6. The molecule has 2 aromatic rings. The van der Waals surface area contributed by atoms with Crippen molar-refractivity contribution in [3.8, 4) is 6.07 Å². The molecule has 0 fully saturated rings. The molecule has 1 heterocycles. The van der Waals surface area contributed by atoms with Gasteiger partial charge in [0.15, 0.2) is 0 Å². The number of carbonyl (C=O) groups is 1. The third-order valence-corrected chi connectivity index (χ3v) is 4.83. The predicted molar refractivity (Wildman–Crippen MR) is 113 cm³/mol. The summed E-state index contributed by atoms with van der Waals surface area (Å²) in [7, 11) is 0. The number of alkyl halides is 1. The molecule has 1 aromatic carbocycles. The van der Waals surface area contributed by atoms with Gasteiger partial charge in [0.2, 0.25) is 5.78 Å². The van der Waals surface area contributed by atoms with Crippen molar-refractivity contribution in [3.05, 3.63) is 67.0 Å². The van der Waals surface area contributed by atoms with Crippen LogP contribution in [-0.4, -0.2) is 19.3 Å². The monoisotopic (exact) mass is 479 g/mol. The molecule has 0 aliphatic rings. The first-order valence-electron chi connectivity index (χ1n) is 8.76. The van der Waals surface area contributed by atoms with Crippen LogP contribution < -0.4 is 11.2 Å². The first-order chi connectivity index (χ1) is 12.8. The summed E-state index contributed by atoms with van der Waals surface area (Å²) in [5, 5.41) is 9.20. The quantitative estimate of drug-likeness (QED) is 0.362. The maximum atomic E-state index is 13.3. The van der Waals surface area contributed by atoms with E-state index in [9.17, 15) is 19.6 Å². The number of halogens is 1. The van der Waals surface area contributed by atoms with Gasteiger partial charge in [0.25, 0.3) is 5.56 Å². The van der Waals surface area contributed by atoms with Gasteiger partial charge in [-0.3, -0.25) is 18.7 Å². The SMILES string of the molecule is CCn1c(C(=O)c2cc(C)cc(C#N)c2)c(C(C)C)c(=O)n(CCI)c1=O. The van der Waals surface area contributed by atoms with Gasteiger partial charge in [0.1, 0.15) is 5.69 Å². The predicted octanol–water partition coefficient (Wildman–Crippen LogP) is 3.00. The van der Waals surface area contributed by atoms with Crippen molar-refractivity contribution in [2.75, 3.05) is 4.43 Å². The highest BCUT2D eigenvalue weighted by atomic mass is 127. The summed E-state index contributed by atoms with van der Waals surface area (Å²) in [5.41, 5.74) is 1.03. The van der Waals surface area contributed by atoms with E-state index in [4.69, 9.17) is 0 Å². The minimum Gasteiger partial charge on any atom is -0.290 e. The molecule has 0 bridgehead atoms. The molecular weight excluding hydrogens is 457 g/mol. The molecule has 27 heavy (non-hydrogen) atoms. The summed E-state index contributed by atoms with van der Waals surface area (Å²) in [6.07, 6.45) is 0. The smallest absolute Gasteiger partial charge is 0.290 e. The summed E-state index contributed by atoms with van der Waals surface area (Å²) >= 11 is 2.11. The molecule has 142 valence electrons. The molecule has 0 saturated carbocycles. The largest absolute Gasteiger partial charge is 0.331 e. The van der Waals surface area contributed by atoms with Crippen LogP contribution in [0.15, 0.2) is 27.8 Å². The van der Waals surface area contributed by atoms with E-state index >= 15 is 0 Å².